The van der Waals surface area contributed by atoms with Crippen LogP contribution in [0.4, 0.5) is 74.6 Å². The molecular formula is C13H8F17NO6S. The summed E-state index contributed by atoms with van der Waals surface area (Å²) in [7, 11) is -8.27. The van der Waals surface area contributed by atoms with Crippen molar-refractivity contribution >= 4 is 21.8 Å². The smallest absolute Gasteiger partial charge is 0.460 e. The quantitative estimate of drug-likeness (QED) is 0.278. The van der Waals surface area contributed by atoms with Crippen molar-refractivity contribution in [3.8, 4) is 0 Å². The van der Waals surface area contributed by atoms with E-state index in [1.807, 2.05) is 0 Å². The molecule has 25 heteroatoms. The van der Waals surface area contributed by atoms with Gasteiger partial charge in [-0.3, -0.25) is 4.79 Å². The number of carboxylic acid groups (broad SMARTS) is 2. The van der Waals surface area contributed by atoms with Gasteiger partial charge in [0.15, 0.2) is 0 Å². The molecule has 0 radical (unpaired) electrons. The highest BCUT2D eigenvalue weighted by atomic mass is 32.2. The van der Waals surface area contributed by atoms with Crippen molar-refractivity contribution in [2.75, 3.05) is 0 Å². The van der Waals surface area contributed by atoms with E-state index in [4.69, 9.17) is 10.2 Å². The van der Waals surface area contributed by atoms with E-state index in [9.17, 15) is 92.6 Å². The first kappa shape index (κ1) is 35.7. The maximum Gasteiger partial charge on any atom is 0.460 e. The van der Waals surface area contributed by atoms with Gasteiger partial charge in [0.25, 0.3) is 9.84 Å². The number of hydrogen-bond acceptors (Lipinski definition) is 5. The van der Waals surface area contributed by atoms with Gasteiger partial charge < -0.3 is 15.9 Å². The van der Waals surface area contributed by atoms with Gasteiger partial charge in [-0.25, -0.2) is 13.2 Å². The first-order valence-corrected chi connectivity index (χ1v) is 9.79. The standard InChI is InChI=1S/C13H8F17NO6S/c14-6(15,8(18,19)10(22,23)12(26,27)28)7(16,17)9(20,21)11(24,25)13(29,30)38(36,37)5(31,4(34)35)2-1-3(32)33/h1-2,31H2,(H,32,33)(H,34,35). The van der Waals surface area contributed by atoms with Gasteiger partial charge in [0.1, 0.15) is 0 Å². The summed E-state index contributed by atoms with van der Waals surface area (Å²) in [5, 5.41) is 8.79. The molecule has 0 saturated carbocycles. The molecular weight excluding hydrogens is 621 g/mol. The molecule has 226 valence electrons. The van der Waals surface area contributed by atoms with Crippen molar-refractivity contribution in [2.24, 2.45) is 5.73 Å². The van der Waals surface area contributed by atoms with Crippen LogP contribution in [0.2, 0.25) is 0 Å². The summed E-state index contributed by atoms with van der Waals surface area (Å²) < 4.78 is 249. The Morgan fingerprint density at radius 2 is 0.868 bits per heavy atom. The van der Waals surface area contributed by atoms with Gasteiger partial charge in [-0.05, 0) is 0 Å². The molecule has 0 spiro atoms. The minimum Gasteiger partial charge on any atom is -0.481 e. The van der Waals surface area contributed by atoms with Crippen LogP contribution in [0.1, 0.15) is 12.8 Å². The molecule has 4 N–H and O–H groups in total. The number of alkyl halides is 17. The highest BCUT2D eigenvalue weighted by Gasteiger charge is 2.96. The summed E-state index contributed by atoms with van der Waals surface area (Å²) in [5.41, 5.74) is 4.37. The molecule has 0 heterocycles. The fraction of sp³-hybridized carbons (Fsp3) is 0.846. The summed E-state index contributed by atoms with van der Waals surface area (Å²) in [6.07, 6.45) is -12.4. The molecule has 0 aromatic heterocycles. The summed E-state index contributed by atoms with van der Waals surface area (Å²) in [6.45, 7) is 0. The van der Waals surface area contributed by atoms with Gasteiger partial charge in [0.2, 0.25) is 4.87 Å². The van der Waals surface area contributed by atoms with Crippen LogP contribution >= 0.6 is 0 Å². The number of aliphatic carboxylic acids is 2. The number of halogens is 17. The van der Waals surface area contributed by atoms with Crippen LogP contribution in [0.5, 0.6) is 0 Å². The second-order valence-electron chi connectivity index (χ2n) is 7.05. The number of hydrogen-bond donors (Lipinski definition) is 3. The largest absolute Gasteiger partial charge is 0.481 e. The van der Waals surface area contributed by atoms with Crippen molar-refractivity contribution in [1.29, 1.82) is 0 Å². The molecule has 0 bridgehead atoms. The zero-order valence-electron chi connectivity index (χ0n) is 16.9. The monoisotopic (exact) mass is 629 g/mol. The molecule has 0 aliphatic heterocycles. The molecule has 0 aromatic carbocycles. The number of nitrogens with two attached hydrogens (primary N) is 1. The van der Waals surface area contributed by atoms with E-state index in [-0.39, 0.29) is 0 Å². The van der Waals surface area contributed by atoms with Gasteiger partial charge in [0, 0.05) is 12.8 Å². The van der Waals surface area contributed by atoms with Crippen LogP contribution in [0.15, 0.2) is 0 Å². The van der Waals surface area contributed by atoms with Gasteiger partial charge >= 0.3 is 58.9 Å². The van der Waals surface area contributed by atoms with Crippen LogP contribution in [-0.2, 0) is 19.4 Å². The molecule has 0 saturated heterocycles. The van der Waals surface area contributed by atoms with Gasteiger partial charge in [-0.1, -0.05) is 0 Å². The number of carboxylic acids is 2. The van der Waals surface area contributed by atoms with Crippen molar-refractivity contribution in [3.63, 3.8) is 0 Å². The fourth-order valence-corrected chi connectivity index (χ4v) is 3.72. The minimum atomic E-state index is -9.11. The van der Waals surface area contributed by atoms with Crippen LogP contribution in [-0.4, -0.2) is 82.4 Å². The third-order valence-corrected chi connectivity index (χ3v) is 6.85. The van der Waals surface area contributed by atoms with Gasteiger partial charge in [0.05, 0.1) is 0 Å². The Morgan fingerprint density at radius 1 is 0.579 bits per heavy atom. The Hall–Kier alpha value is -2.34. The predicted molar refractivity (Wildman–Crippen MR) is 81.0 cm³/mol. The fourth-order valence-electron chi connectivity index (χ4n) is 2.20. The molecule has 0 amide bonds. The lowest BCUT2D eigenvalue weighted by Gasteiger charge is -2.43. The SMILES string of the molecule is NC(CCC(=O)O)(C(=O)O)S(=O)(=O)C(F)(F)C(F)(F)C(F)(F)C(F)(F)C(F)(F)C(F)(F)C(F)(F)C(F)(F)F. The molecule has 1 unspecified atom stereocenters. The zero-order valence-corrected chi connectivity index (χ0v) is 17.7. The predicted octanol–water partition coefficient (Wildman–Crippen LogP) is 3.97. The topological polar surface area (TPSA) is 135 Å². The molecule has 0 aromatic rings. The summed E-state index contributed by atoms with van der Waals surface area (Å²) in [6, 6.07) is 0. The Bertz CT molecular complexity index is 1050. The van der Waals surface area contributed by atoms with E-state index in [1.54, 1.807) is 0 Å². The lowest BCUT2D eigenvalue weighted by Crippen LogP contribution is -2.76. The van der Waals surface area contributed by atoms with Crippen LogP contribution in [0.25, 0.3) is 0 Å². The Balaban J connectivity index is 7.26. The summed E-state index contributed by atoms with van der Waals surface area (Å²) in [4.78, 5) is 16.2. The van der Waals surface area contributed by atoms with Gasteiger partial charge in [-0.2, -0.15) is 74.6 Å². The molecule has 1 atom stereocenters. The first-order chi connectivity index (χ1) is 16.1. The zero-order chi connectivity index (χ0) is 31.6. The molecule has 0 fully saturated rings. The highest BCUT2D eigenvalue weighted by molar-refractivity contribution is 7.94. The molecule has 0 aliphatic rings. The lowest BCUT2D eigenvalue weighted by molar-refractivity contribution is -0.458. The second-order valence-corrected chi connectivity index (χ2v) is 9.30. The summed E-state index contributed by atoms with van der Waals surface area (Å²) >= 11 is 0. The number of rotatable bonds is 12. The van der Waals surface area contributed by atoms with Crippen LogP contribution in [0, 0.1) is 0 Å². The summed E-state index contributed by atoms with van der Waals surface area (Å²) in [5.74, 6) is -59.0. The Kier molecular flexibility index (Phi) is 8.55. The number of carbonyl (C=O) groups is 2. The highest BCUT2D eigenvalue weighted by Crippen LogP contribution is 2.64. The van der Waals surface area contributed by atoms with Crippen LogP contribution in [0.3, 0.4) is 0 Å². The minimum absolute atomic E-state index is 1.99. The second kappa shape index (κ2) is 9.11. The molecule has 0 aliphatic carbocycles. The average molecular weight is 629 g/mol. The van der Waals surface area contributed by atoms with E-state index in [0.717, 1.165) is 0 Å². The molecule has 38 heavy (non-hydrogen) atoms. The third kappa shape index (κ3) is 4.37. The van der Waals surface area contributed by atoms with Crippen molar-refractivity contribution < 1.29 is 103 Å². The van der Waals surface area contributed by atoms with E-state index in [0.29, 0.717) is 0 Å². The first-order valence-electron chi connectivity index (χ1n) is 8.31. The Labute approximate surface area is 196 Å². The maximum absolute atomic E-state index is 14.1. The Morgan fingerprint density at radius 3 is 1.13 bits per heavy atom. The van der Waals surface area contributed by atoms with Crippen LogP contribution < -0.4 is 5.73 Å². The maximum atomic E-state index is 14.1. The van der Waals surface area contributed by atoms with E-state index < -0.39 is 86.5 Å². The number of sulfone groups is 1. The average Bonchev–Trinajstić information content (AvgIpc) is 2.69. The van der Waals surface area contributed by atoms with E-state index in [2.05, 4.69) is 5.73 Å². The van der Waals surface area contributed by atoms with Crippen molar-refractivity contribution in [1.82, 2.24) is 0 Å². The third-order valence-electron chi connectivity index (χ3n) is 4.58. The normalized spacial score (nSPS) is 17.2. The molecule has 7 nitrogen and oxygen atoms in total. The van der Waals surface area contributed by atoms with Gasteiger partial charge in [-0.15, -0.1) is 0 Å². The lowest BCUT2D eigenvalue weighted by atomic mass is 9.91. The van der Waals surface area contributed by atoms with Crippen molar-refractivity contribution in [2.45, 2.75) is 64.7 Å². The molecule has 0 rings (SSSR count). The van der Waals surface area contributed by atoms with E-state index >= 15 is 0 Å². The van der Waals surface area contributed by atoms with Crippen molar-refractivity contribution in [3.05, 3.63) is 0 Å². The van der Waals surface area contributed by atoms with E-state index in [1.165, 1.54) is 0 Å².